The molecule has 10 heteroatoms. The molecule has 5 rings (SSSR count). The first-order valence-corrected chi connectivity index (χ1v) is 16.3. The summed E-state index contributed by atoms with van der Waals surface area (Å²) in [5.41, 5.74) is 3.69. The van der Waals surface area contributed by atoms with Crippen molar-refractivity contribution in [1.29, 1.82) is 0 Å². The second kappa shape index (κ2) is 13.8. The van der Waals surface area contributed by atoms with E-state index in [-0.39, 0.29) is 10.8 Å². The van der Waals surface area contributed by atoms with Crippen molar-refractivity contribution in [3.05, 3.63) is 90.1 Å². The maximum absolute atomic E-state index is 13.3. The number of rotatable bonds is 11. The summed E-state index contributed by atoms with van der Waals surface area (Å²) < 4.78 is 28.0. The molecule has 1 saturated carbocycles. The van der Waals surface area contributed by atoms with Crippen molar-refractivity contribution >= 4 is 44.2 Å². The summed E-state index contributed by atoms with van der Waals surface area (Å²) in [5, 5.41) is 9.67. The van der Waals surface area contributed by atoms with Gasteiger partial charge in [0, 0.05) is 41.4 Å². The predicted molar refractivity (Wildman–Crippen MR) is 171 cm³/mol. The number of aromatic nitrogens is 1. The number of amides is 3. The van der Waals surface area contributed by atoms with Crippen molar-refractivity contribution in [3.8, 4) is 0 Å². The summed E-state index contributed by atoms with van der Waals surface area (Å²) in [6, 6.07) is 19.5. The molecule has 4 aromatic rings. The van der Waals surface area contributed by atoms with Gasteiger partial charge in [0.05, 0.1) is 4.90 Å². The Kier molecular flexibility index (Phi) is 9.66. The third-order valence-corrected chi connectivity index (χ3v) is 9.42. The number of hydrogen-bond donors (Lipinski definition) is 5. The molecular formula is C33H39N5O4S. The maximum Gasteiger partial charge on any atom is 0.319 e. The van der Waals surface area contributed by atoms with Crippen LogP contribution in [0, 0.1) is 12.8 Å². The number of nitrogens with one attached hydrogen (secondary N) is 5. The largest absolute Gasteiger partial charge is 0.361 e. The SMILES string of the molecule is Cc1ccc(S(=O)(=O)Nc2ccc(NC(=O)N[C@H](Cc3c[nH]c4ccccc34)C(=O)NCCC3CCCCC3)cc2)cc1. The predicted octanol–water partition coefficient (Wildman–Crippen LogP) is 6.10. The molecule has 1 aliphatic carbocycles. The van der Waals surface area contributed by atoms with Crippen molar-refractivity contribution in [2.24, 2.45) is 5.92 Å². The van der Waals surface area contributed by atoms with Crippen molar-refractivity contribution in [3.63, 3.8) is 0 Å². The van der Waals surface area contributed by atoms with E-state index in [0.717, 1.165) is 28.5 Å². The Labute approximate surface area is 252 Å². The fourth-order valence-electron chi connectivity index (χ4n) is 5.61. The third-order valence-electron chi connectivity index (χ3n) is 8.02. The van der Waals surface area contributed by atoms with Crippen LogP contribution in [0.3, 0.4) is 0 Å². The molecule has 0 radical (unpaired) electrons. The van der Waals surface area contributed by atoms with E-state index < -0.39 is 22.1 Å². The molecule has 1 fully saturated rings. The number of anilines is 2. The van der Waals surface area contributed by atoms with Gasteiger partial charge in [-0.05, 0) is 67.3 Å². The number of benzene rings is 3. The molecule has 0 spiro atoms. The van der Waals surface area contributed by atoms with Crippen LogP contribution in [0.4, 0.5) is 16.2 Å². The van der Waals surface area contributed by atoms with Crippen LogP contribution in [0.5, 0.6) is 0 Å². The van der Waals surface area contributed by atoms with Crippen molar-refractivity contribution in [1.82, 2.24) is 15.6 Å². The van der Waals surface area contributed by atoms with Crippen molar-refractivity contribution < 1.29 is 18.0 Å². The first-order chi connectivity index (χ1) is 20.8. The van der Waals surface area contributed by atoms with Crippen LogP contribution in [0.15, 0.2) is 83.9 Å². The van der Waals surface area contributed by atoms with Crippen LogP contribution in [0.1, 0.15) is 49.7 Å². The number of urea groups is 1. The normalized spacial score (nSPS) is 14.6. The molecule has 0 unspecified atom stereocenters. The zero-order valence-electron chi connectivity index (χ0n) is 24.4. The van der Waals surface area contributed by atoms with Crippen LogP contribution in [0.2, 0.25) is 0 Å². The Morgan fingerprint density at radius 2 is 1.60 bits per heavy atom. The van der Waals surface area contributed by atoms with Crippen molar-refractivity contribution in [2.45, 2.75) is 62.8 Å². The van der Waals surface area contributed by atoms with Crippen LogP contribution >= 0.6 is 0 Å². The molecule has 1 heterocycles. The van der Waals surface area contributed by atoms with Gasteiger partial charge in [-0.2, -0.15) is 0 Å². The summed E-state index contributed by atoms with van der Waals surface area (Å²) in [6.45, 7) is 2.47. The first kappa shape index (κ1) is 30.2. The number of aryl methyl sites for hydroxylation is 1. The number of carbonyl (C=O) groups excluding carboxylic acids is 2. The molecule has 0 saturated heterocycles. The lowest BCUT2D eigenvalue weighted by atomic mass is 9.87. The smallest absolute Gasteiger partial charge is 0.319 e. The number of para-hydroxylation sites is 1. The highest BCUT2D eigenvalue weighted by Gasteiger charge is 2.23. The van der Waals surface area contributed by atoms with Gasteiger partial charge in [-0.3, -0.25) is 9.52 Å². The van der Waals surface area contributed by atoms with E-state index in [2.05, 4.69) is 25.7 Å². The summed E-state index contributed by atoms with van der Waals surface area (Å²) >= 11 is 0. The van der Waals surface area contributed by atoms with Gasteiger partial charge in [-0.1, -0.05) is 68.0 Å². The Balaban J connectivity index is 1.21. The van der Waals surface area contributed by atoms with Crippen molar-refractivity contribution in [2.75, 3.05) is 16.6 Å². The molecule has 9 nitrogen and oxygen atoms in total. The van der Waals surface area contributed by atoms with E-state index in [4.69, 9.17) is 0 Å². The summed E-state index contributed by atoms with van der Waals surface area (Å²) in [6.07, 6.45) is 9.36. The van der Waals surface area contributed by atoms with Gasteiger partial charge in [0.1, 0.15) is 6.04 Å². The van der Waals surface area contributed by atoms with E-state index in [1.165, 1.54) is 32.1 Å². The minimum atomic E-state index is -3.74. The highest BCUT2D eigenvalue weighted by molar-refractivity contribution is 7.92. The Morgan fingerprint density at radius 3 is 2.35 bits per heavy atom. The summed E-state index contributed by atoms with van der Waals surface area (Å²) in [5.74, 6) is 0.416. The molecule has 1 aliphatic rings. The number of sulfonamides is 1. The summed E-state index contributed by atoms with van der Waals surface area (Å²) in [4.78, 5) is 29.8. The molecule has 0 aliphatic heterocycles. The quantitative estimate of drug-likeness (QED) is 0.142. The number of aromatic amines is 1. The van der Waals surface area contributed by atoms with Crippen LogP contribution in [-0.2, 0) is 21.2 Å². The molecule has 3 amide bonds. The molecule has 43 heavy (non-hydrogen) atoms. The first-order valence-electron chi connectivity index (χ1n) is 14.9. The molecule has 1 atom stereocenters. The van der Waals surface area contributed by atoms with E-state index in [1.54, 1.807) is 48.5 Å². The Bertz CT molecular complexity index is 1640. The molecule has 0 bridgehead atoms. The maximum atomic E-state index is 13.3. The van der Waals surface area contributed by atoms with Gasteiger partial charge >= 0.3 is 6.03 Å². The topological polar surface area (TPSA) is 132 Å². The fourth-order valence-corrected chi connectivity index (χ4v) is 6.67. The number of hydrogen-bond acceptors (Lipinski definition) is 4. The lowest BCUT2D eigenvalue weighted by molar-refractivity contribution is -0.122. The minimum Gasteiger partial charge on any atom is -0.361 e. The zero-order valence-corrected chi connectivity index (χ0v) is 25.2. The second-order valence-electron chi connectivity index (χ2n) is 11.3. The standard InChI is InChI=1S/C33H39N5O4S/c1-23-11-17-28(18-12-23)43(41,42)38-27-15-13-26(14-16-27)36-33(40)37-31(21-25-22-35-30-10-6-5-9-29(25)30)32(39)34-20-19-24-7-3-2-4-8-24/h5-6,9-18,22,24,31,35,38H,2-4,7-8,19-21H2,1H3,(H,34,39)(H2,36,37,40)/t31-/m1/s1. The lowest BCUT2D eigenvalue weighted by Crippen LogP contribution is -2.49. The second-order valence-corrected chi connectivity index (χ2v) is 13.0. The monoisotopic (exact) mass is 601 g/mol. The van der Waals surface area contributed by atoms with Gasteiger partial charge in [-0.15, -0.1) is 0 Å². The average molecular weight is 602 g/mol. The molecular weight excluding hydrogens is 562 g/mol. The molecule has 5 N–H and O–H groups in total. The van der Waals surface area contributed by atoms with Gasteiger partial charge < -0.3 is 20.9 Å². The van der Waals surface area contributed by atoms with Gasteiger partial charge in [-0.25, -0.2) is 13.2 Å². The lowest BCUT2D eigenvalue weighted by Gasteiger charge is -2.23. The number of H-pyrrole nitrogens is 1. The number of carbonyl (C=O) groups is 2. The highest BCUT2D eigenvalue weighted by Crippen LogP contribution is 2.26. The zero-order chi connectivity index (χ0) is 30.2. The van der Waals surface area contributed by atoms with E-state index in [1.807, 2.05) is 37.4 Å². The van der Waals surface area contributed by atoms with E-state index >= 15 is 0 Å². The Morgan fingerprint density at radius 1 is 0.907 bits per heavy atom. The van der Waals surface area contributed by atoms with Crippen LogP contribution in [-0.4, -0.2) is 37.9 Å². The summed E-state index contributed by atoms with van der Waals surface area (Å²) in [7, 11) is -3.74. The van der Waals surface area contributed by atoms with Gasteiger partial charge in [0.15, 0.2) is 0 Å². The van der Waals surface area contributed by atoms with E-state index in [0.29, 0.717) is 30.3 Å². The van der Waals surface area contributed by atoms with Gasteiger partial charge in [0.25, 0.3) is 10.0 Å². The Hall–Kier alpha value is -4.31. The molecule has 3 aromatic carbocycles. The van der Waals surface area contributed by atoms with E-state index in [9.17, 15) is 18.0 Å². The average Bonchev–Trinajstić information content (AvgIpc) is 3.41. The number of fused-ring (bicyclic) bond motifs is 1. The van der Waals surface area contributed by atoms with Gasteiger partial charge in [0.2, 0.25) is 5.91 Å². The minimum absolute atomic E-state index is 0.165. The molecule has 1 aromatic heterocycles. The molecule has 226 valence electrons. The third kappa shape index (κ3) is 8.16. The van der Waals surface area contributed by atoms with Crippen LogP contribution < -0.4 is 20.7 Å². The van der Waals surface area contributed by atoms with Crippen LogP contribution in [0.25, 0.3) is 10.9 Å². The highest BCUT2D eigenvalue weighted by atomic mass is 32.2. The fraction of sp³-hybridized carbons (Fsp3) is 0.333.